The van der Waals surface area contributed by atoms with E-state index in [9.17, 15) is 4.79 Å². The van der Waals surface area contributed by atoms with Crippen molar-refractivity contribution in [2.24, 2.45) is 4.99 Å². The number of pyridine rings is 1. The summed E-state index contributed by atoms with van der Waals surface area (Å²) in [5, 5.41) is 11.5. The van der Waals surface area contributed by atoms with E-state index in [-0.39, 0.29) is 18.2 Å². The molecular formula is C27H24N6O3. The van der Waals surface area contributed by atoms with Gasteiger partial charge in [-0.25, -0.2) is 0 Å². The maximum absolute atomic E-state index is 13.2. The topological polar surface area (TPSA) is 106 Å². The van der Waals surface area contributed by atoms with Crippen molar-refractivity contribution in [3.05, 3.63) is 89.7 Å². The number of hydrogen-bond donors (Lipinski definition) is 1. The molecule has 4 aromatic rings. The molecule has 0 bridgehead atoms. The summed E-state index contributed by atoms with van der Waals surface area (Å²) >= 11 is 0. The van der Waals surface area contributed by atoms with Crippen LogP contribution in [-0.4, -0.2) is 59.1 Å². The quantitative estimate of drug-likeness (QED) is 0.464. The average Bonchev–Trinajstić information content (AvgIpc) is 3.35. The van der Waals surface area contributed by atoms with E-state index in [0.717, 1.165) is 46.7 Å². The molecule has 9 heteroatoms. The Balaban J connectivity index is 1.32. The summed E-state index contributed by atoms with van der Waals surface area (Å²) in [7, 11) is 0. The third-order valence-electron chi connectivity index (χ3n) is 6.31. The second kappa shape index (κ2) is 9.71. The molecule has 2 aromatic heterocycles. The SMILES string of the molecule is O=C1Cc2ccccc2C(c2ccccc2)=N[C@@H]1Nc1nnc(-c2ccncc2N2CCOCC2)o1. The Kier molecular flexibility index (Phi) is 5.96. The second-order valence-corrected chi connectivity index (χ2v) is 8.60. The van der Waals surface area contributed by atoms with Crippen molar-refractivity contribution in [3.63, 3.8) is 0 Å². The fourth-order valence-electron chi connectivity index (χ4n) is 4.53. The van der Waals surface area contributed by atoms with E-state index >= 15 is 0 Å². The molecule has 0 unspecified atom stereocenters. The van der Waals surface area contributed by atoms with Crippen molar-refractivity contribution in [3.8, 4) is 11.5 Å². The highest BCUT2D eigenvalue weighted by Crippen LogP contribution is 2.31. The predicted molar refractivity (Wildman–Crippen MR) is 135 cm³/mol. The van der Waals surface area contributed by atoms with Crippen molar-refractivity contribution in [2.75, 3.05) is 36.5 Å². The summed E-state index contributed by atoms with van der Waals surface area (Å²) in [5.74, 6) is 0.268. The van der Waals surface area contributed by atoms with Crippen LogP contribution in [0.3, 0.4) is 0 Å². The number of anilines is 2. The van der Waals surface area contributed by atoms with Crippen molar-refractivity contribution in [1.82, 2.24) is 15.2 Å². The first-order chi connectivity index (χ1) is 17.8. The van der Waals surface area contributed by atoms with Gasteiger partial charge in [0.1, 0.15) is 0 Å². The molecule has 4 heterocycles. The maximum Gasteiger partial charge on any atom is 0.317 e. The van der Waals surface area contributed by atoms with Gasteiger partial charge >= 0.3 is 6.01 Å². The minimum Gasteiger partial charge on any atom is -0.403 e. The largest absolute Gasteiger partial charge is 0.403 e. The van der Waals surface area contributed by atoms with Gasteiger partial charge < -0.3 is 19.4 Å². The lowest BCUT2D eigenvalue weighted by Crippen LogP contribution is -2.36. The van der Waals surface area contributed by atoms with Gasteiger partial charge in [0.2, 0.25) is 0 Å². The third-order valence-corrected chi connectivity index (χ3v) is 6.31. The Morgan fingerprint density at radius 3 is 2.58 bits per heavy atom. The first-order valence-corrected chi connectivity index (χ1v) is 11.9. The van der Waals surface area contributed by atoms with Crippen LogP contribution in [0.2, 0.25) is 0 Å². The number of rotatable bonds is 5. The number of hydrogen-bond acceptors (Lipinski definition) is 9. The molecule has 180 valence electrons. The lowest BCUT2D eigenvalue weighted by atomic mass is 9.96. The Labute approximate surface area is 207 Å². The van der Waals surface area contributed by atoms with E-state index in [1.165, 1.54) is 0 Å². The molecule has 1 saturated heterocycles. The summed E-state index contributed by atoms with van der Waals surface area (Å²) in [5.41, 5.74) is 5.25. The molecule has 1 N–H and O–H groups in total. The van der Waals surface area contributed by atoms with Crippen molar-refractivity contribution in [1.29, 1.82) is 0 Å². The normalized spacial score (nSPS) is 17.8. The fraction of sp³-hybridized carbons (Fsp3) is 0.222. The number of ether oxygens (including phenoxy) is 1. The molecule has 2 aliphatic heterocycles. The summed E-state index contributed by atoms with van der Waals surface area (Å²) in [6, 6.07) is 19.7. The van der Waals surface area contributed by atoms with Gasteiger partial charge in [-0.1, -0.05) is 59.7 Å². The van der Waals surface area contributed by atoms with Crippen LogP contribution in [0.4, 0.5) is 11.7 Å². The van der Waals surface area contributed by atoms with Crippen LogP contribution < -0.4 is 10.2 Å². The Morgan fingerprint density at radius 2 is 1.72 bits per heavy atom. The zero-order valence-electron chi connectivity index (χ0n) is 19.5. The molecule has 2 aliphatic rings. The molecule has 9 nitrogen and oxygen atoms in total. The van der Waals surface area contributed by atoms with Crippen molar-refractivity contribution >= 4 is 23.2 Å². The molecule has 0 amide bonds. The van der Waals surface area contributed by atoms with E-state index in [0.29, 0.717) is 19.1 Å². The highest BCUT2D eigenvalue weighted by Gasteiger charge is 2.27. The van der Waals surface area contributed by atoms with Gasteiger partial charge in [-0.2, -0.15) is 0 Å². The number of fused-ring (bicyclic) bond motifs is 1. The number of morpholine rings is 1. The molecular weight excluding hydrogens is 456 g/mol. The fourth-order valence-corrected chi connectivity index (χ4v) is 4.53. The zero-order valence-corrected chi connectivity index (χ0v) is 19.5. The average molecular weight is 481 g/mol. The zero-order chi connectivity index (χ0) is 24.3. The lowest BCUT2D eigenvalue weighted by Gasteiger charge is -2.29. The van der Waals surface area contributed by atoms with Gasteiger partial charge in [0.15, 0.2) is 11.9 Å². The minimum absolute atomic E-state index is 0.0777. The van der Waals surface area contributed by atoms with Crippen LogP contribution >= 0.6 is 0 Å². The predicted octanol–water partition coefficient (Wildman–Crippen LogP) is 3.37. The first kappa shape index (κ1) is 22.1. The standard InChI is InChI=1S/C27H24N6O3/c34-23-16-19-8-4-5-9-20(19)24(18-6-2-1-3-7-18)29-25(23)30-27-32-31-26(36-27)21-10-11-28-17-22(21)33-12-14-35-15-13-33/h1-11,17,25H,12-16H2,(H,30,32)/t25-/m1/s1. The van der Waals surface area contributed by atoms with Crippen LogP contribution in [-0.2, 0) is 16.0 Å². The van der Waals surface area contributed by atoms with E-state index in [2.05, 4.69) is 25.4 Å². The van der Waals surface area contributed by atoms with Crippen LogP contribution in [0.5, 0.6) is 0 Å². The summed E-state index contributed by atoms with van der Waals surface area (Å²) in [6.07, 6.45) is 2.87. The number of nitrogens with zero attached hydrogens (tertiary/aromatic N) is 5. The second-order valence-electron chi connectivity index (χ2n) is 8.60. The molecule has 36 heavy (non-hydrogen) atoms. The van der Waals surface area contributed by atoms with Crippen LogP contribution in [0, 0.1) is 0 Å². The molecule has 0 saturated carbocycles. The van der Waals surface area contributed by atoms with Gasteiger partial charge in [-0.15, -0.1) is 5.10 Å². The van der Waals surface area contributed by atoms with Crippen LogP contribution in [0.25, 0.3) is 11.5 Å². The Hall–Kier alpha value is -4.37. The highest BCUT2D eigenvalue weighted by atomic mass is 16.5. The Bertz CT molecular complexity index is 1410. The number of nitrogens with one attached hydrogen (secondary N) is 1. The molecule has 0 aliphatic carbocycles. The van der Waals surface area contributed by atoms with Crippen LogP contribution in [0.1, 0.15) is 16.7 Å². The summed E-state index contributed by atoms with van der Waals surface area (Å²) < 4.78 is 11.4. The van der Waals surface area contributed by atoms with Gasteiger partial charge in [0.05, 0.1) is 36.4 Å². The van der Waals surface area contributed by atoms with Gasteiger partial charge in [0, 0.05) is 36.8 Å². The van der Waals surface area contributed by atoms with E-state index < -0.39 is 6.17 Å². The molecule has 0 radical (unpaired) electrons. The van der Waals surface area contributed by atoms with Gasteiger partial charge in [-0.05, 0) is 11.6 Å². The summed E-state index contributed by atoms with van der Waals surface area (Å²) in [6.45, 7) is 2.82. The number of carbonyl (C=O) groups is 1. The maximum atomic E-state index is 13.2. The number of Topliss-reactive ketones (excluding diaryl/α,β-unsaturated/α-hetero) is 1. The van der Waals surface area contributed by atoms with E-state index in [4.69, 9.17) is 14.1 Å². The third kappa shape index (κ3) is 4.36. The van der Waals surface area contributed by atoms with Crippen molar-refractivity contribution in [2.45, 2.75) is 12.6 Å². The number of carbonyl (C=O) groups excluding carboxylic acids is 1. The smallest absolute Gasteiger partial charge is 0.317 e. The molecule has 0 spiro atoms. The van der Waals surface area contributed by atoms with E-state index in [1.807, 2.05) is 60.7 Å². The molecule has 6 rings (SSSR count). The number of aromatic nitrogens is 3. The number of benzene rings is 2. The van der Waals surface area contributed by atoms with Crippen LogP contribution in [0.15, 0.2) is 82.5 Å². The Morgan fingerprint density at radius 1 is 0.917 bits per heavy atom. The molecule has 1 fully saturated rings. The van der Waals surface area contributed by atoms with Gasteiger partial charge in [-0.3, -0.25) is 14.8 Å². The number of aliphatic imine (C=N–C) groups is 1. The monoisotopic (exact) mass is 480 g/mol. The minimum atomic E-state index is -0.864. The van der Waals surface area contributed by atoms with E-state index in [1.54, 1.807) is 12.4 Å². The molecule has 2 aromatic carbocycles. The number of ketones is 1. The lowest BCUT2D eigenvalue weighted by molar-refractivity contribution is -0.119. The molecule has 1 atom stereocenters. The summed E-state index contributed by atoms with van der Waals surface area (Å²) in [4.78, 5) is 24.5. The van der Waals surface area contributed by atoms with Gasteiger partial charge in [0.25, 0.3) is 5.89 Å². The highest BCUT2D eigenvalue weighted by molar-refractivity contribution is 6.16. The van der Waals surface area contributed by atoms with Crippen molar-refractivity contribution < 1.29 is 13.9 Å². The first-order valence-electron chi connectivity index (χ1n) is 11.9.